The van der Waals surface area contributed by atoms with Crippen LogP contribution < -0.4 is 10.6 Å². The number of nitrogen functional groups attached to an aromatic ring is 1. The molecule has 94 valence electrons. The number of pyridine rings is 1. The lowest BCUT2D eigenvalue weighted by molar-refractivity contribution is 0.568. The first-order valence-electron chi connectivity index (χ1n) is 6.56. The van der Waals surface area contributed by atoms with Crippen molar-refractivity contribution in [3.05, 3.63) is 17.8 Å². The second kappa shape index (κ2) is 4.94. The minimum Gasteiger partial charge on any atom is -0.397 e. The van der Waals surface area contributed by atoms with Crippen molar-refractivity contribution in [1.29, 1.82) is 0 Å². The van der Waals surface area contributed by atoms with Crippen molar-refractivity contribution in [2.45, 2.75) is 46.1 Å². The summed E-state index contributed by atoms with van der Waals surface area (Å²) in [6.45, 7) is 7.76. The molecule has 1 aliphatic carbocycles. The number of aromatic nitrogens is 1. The Hall–Kier alpha value is -1.25. The molecule has 1 saturated carbocycles. The molecule has 2 rings (SSSR count). The van der Waals surface area contributed by atoms with Gasteiger partial charge in [0.2, 0.25) is 0 Å². The molecule has 1 aromatic heterocycles. The van der Waals surface area contributed by atoms with E-state index in [2.05, 4.69) is 30.7 Å². The molecule has 0 atom stereocenters. The molecule has 0 aromatic carbocycles. The summed E-state index contributed by atoms with van der Waals surface area (Å²) in [5.74, 6) is 1.87. The van der Waals surface area contributed by atoms with Crippen LogP contribution in [-0.2, 0) is 0 Å². The molecule has 0 aliphatic heterocycles. The molecule has 1 heterocycles. The average Bonchev–Trinajstić information content (AvgIpc) is 3.04. The number of aryl methyl sites for hydroxylation is 1. The highest BCUT2D eigenvalue weighted by Gasteiger charge is 2.30. The summed E-state index contributed by atoms with van der Waals surface area (Å²) >= 11 is 0. The number of hydrogen-bond donors (Lipinski definition) is 1. The van der Waals surface area contributed by atoms with Crippen LogP contribution in [0.5, 0.6) is 0 Å². The molecule has 2 N–H and O–H groups in total. The third kappa shape index (κ3) is 3.11. The van der Waals surface area contributed by atoms with Gasteiger partial charge in [-0.1, -0.05) is 13.8 Å². The Labute approximate surface area is 104 Å². The fourth-order valence-corrected chi connectivity index (χ4v) is 2.13. The van der Waals surface area contributed by atoms with E-state index in [4.69, 9.17) is 5.73 Å². The van der Waals surface area contributed by atoms with E-state index in [9.17, 15) is 0 Å². The summed E-state index contributed by atoms with van der Waals surface area (Å²) in [4.78, 5) is 6.99. The Bertz CT molecular complexity index is 383. The predicted octanol–water partition coefficient (Wildman–Crippen LogP) is 2.99. The molecule has 0 spiro atoms. The summed E-state index contributed by atoms with van der Waals surface area (Å²) < 4.78 is 0. The third-order valence-corrected chi connectivity index (χ3v) is 3.28. The summed E-state index contributed by atoms with van der Waals surface area (Å²) in [6.07, 6.45) is 5.61. The monoisotopic (exact) mass is 233 g/mol. The zero-order chi connectivity index (χ0) is 12.4. The Morgan fingerprint density at radius 3 is 2.71 bits per heavy atom. The molecule has 3 nitrogen and oxygen atoms in total. The van der Waals surface area contributed by atoms with Gasteiger partial charge in [0.25, 0.3) is 0 Å². The average molecular weight is 233 g/mol. The largest absolute Gasteiger partial charge is 0.397 e. The van der Waals surface area contributed by atoms with Gasteiger partial charge in [-0.25, -0.2) is 4.98 Å². The van der Waals surface area contributed by atoms with Crippen molar-refractivity contribution >= 4 is 11.5 Å². The maximum absolute atomic E-state index is 5.76. The Balaban J connectivity index is 2.14. The van der Waals surface area contributed by atoms with Gasteiger partial charge in [-0.2, -0.15) is 0 Å². The van der Waals surface area contributed by atoms with Crippen LogP contribution in [0.25, 0.3) is 0 Å². The lowest BCUT2D eigenvalue weighted by Crippen LogP contribution is -2.29. The number of nitrogens with two attached hydrogens (primary N) is 1. The zero-order valence-electron chi connectivity index (χ0n) is 11.1. The van der Waals surface area contributed by atoms with E-state index in [0.29, 0.717) is 6.04 Å². The first-order chi connectivity index (χ1) is 8.08. The highest BCUT2D eigenvalue weighted by molar-refractivity contribution is 5.53. The van der Waals surface area contributed by atoms with Crippen LogP contribution in [0.3, 0.4) is 0 Å². The minimum atomic E-state index is 0.712. The maximum Gasteiger partial charge on any atom is 0.131 e. The van der Waals surface area contributed by atoms with Gasteiger partial charge in [0.15, 0.2) is 0 Å². The van der Waals surface area contributed by atoms with Crippen LogP contribution >= 0.6 is 0 Å². The number of anilines is 2. The molecule has 0 radical (unpaired) electrons. The SMILES string of the molecule is Cc1cc(N)cnc1N(CCC(C)C)C1CC1. The van der Waals surface area contributed by atoms with Crippen LogP contribution in [0.15, 0.2) is 12.3 Å². The summed E-state index contributed by atoms with van der Waals surface area (Å²) in [6, 6.07) is 2.73. The molecule has 1 fully saturated rings. The van der Waals surface area contributed by atoms with Crippen LogP contribution in [0.4, 0.5) is 11.5 Å². The number of hydrogen-bond acceptors (Lipinski definition) is 3. The van der Waals surface area contributed by atoms with Crippen LogP contribution in [-0.4, -0.2) is 17.6 Å². The quantitative estimate of drug-likeness (QED) is 0.850. The minimum absolute atomic E-state index is 0.712. The molecule has 0 unspecified atom stereocenters. The summed E-state index contributed by atoms with van der Waals surface area (Å²) in [5, 5.41) is 0. The highest BCUT2D eigenvalue weighted by atomic mass is 15.2. The lowest BCUT2D eigenvalue weighted by atomic mass is 10.1. The van der Waals surface area contributed by atoms with E-state index in [1.165, 1.54) is 24.8 Å². The molecule has 0 amide bonds. The highest BCUT2D eigenvalue weighted by Crippen LogP contribution is 2.33. The first kappa shape index (κ1) is 12.2. The predicted molar refractivity (Wildman–Crippen MR) is 73.2 cm³/mol. The maximum atomic E-state index is 5.76. The van der Waals surface area contributed by atoms with Gasteiger partial charge in [-0.05, 0) is 43.7 Å². The fraction of sp³-hybridized carbons (Fsp3) is 0.643. The van der Waals surface area contributed by atoms with Gasteiger partial charge < -0.3 is 10.6 Å². The first-order valence-corrected chi connectivity index (χ1v) is 6.56. The second-order valence-electron chi connectivity index (χ2n) is 5.52. The van der Waals surface area contributed by atoms with Crippen molar-refractivity contribution in [3.8, 4) is 0 Å². The number of rotatable bonds is 5. The normalized spacial score (nSPS) is 15.3. The Morgan fingerprint density at radius 2 is 2.18 bits per heavy atom. The lowest BCUT2D eigenvalue weighted by Gasteiger charge is -2.26. The number of nitrogens with zero attached hydrogens (tertiary/aromatic N) is 2. The van der Waals surface area contributed by atoms with Crippen molar-refractivity contribution < 1.29 is 0 Å². The Kier molecular flexibility index (Phi) is 3.55. The van der Waals surface area contributed by atoms with E-state index in [0.717, 1.165) is 24.0 Å². The van der Waals surface area contributed by atoms with Crippen LogP contribution in [0.2, 0.25) is 0 Å². The standard InChI is InChI=1S/C14H23N3/c1-10(2)6-7-17(13-4-5-13)14-11(3)8-12(15)9-16-14/h8-10,13H,4-7,15H2,1-3H3. The van der Waals surface area contributed by atoms with Crippen molar-refractivity contribution in [1.82, 2.24) is 4.98 Å². The van der Waals surface area contributed by atoms with Crippen molar-refractivity contribution in [3.63, 3.8) is 0 Å². The van der Waals surface area contributed by atoms with E-state index >= 15 is 0 Å². The van der Waals surface area contributed by atoms with E-state index in [1.807, 2.05) is 6.07 Å². The Morgan fingerprint density at radius 1 is 1.47 bits per heavy atom. The van der Waals surface area contributed by atoms with E-state index in [-0.39, 0.29) is 0 Å². The molecule has 1 aromatic rings. The molecule has 0 saturated heterocycles. The fourth-order valence-electron chi connectivity index (χ4n) is 2.13. The van der Waals surface area contributed by atoms with Crippen LogP contribution in [0, 0.1) is 12.8 Å². The molecular weight excluding hydrogens is 210 g/mol. The summed E-state index contributed by atoms with van der Waals surface area (Å²) in [5.41, 5.74) is 7.71. The van der Waals surface area contributed by atoms with Crippen molar-refractivity contribution in [2.24, 2.45) is 5.92 Å². The van der Waals surface area contributed by atoms with Gasteiger partial charge >= 0.3 is 0 Å². The van der Waals surface area contributed by atoms with Gasteiger partial charge in [-0.3, -0.25) is 0 Å². The van der Waals surface area contributed by atoms with Gasteiger partial charge in [0.1, 0.15) is 5.82 Å². The summed E-state index contributed by atoms with van der Waals surface area (Å²) in [7, 11) is 0. The zero-order valence-corrected chi connectivity index (χ0v) is 11.1. The third-order valence-electron chi connectivity index (χ3n) is 3.28. The van der Waals surface area contributed by atoms with E-state index < -0.39 is 0 Å². The molecule has 0 bridgehead atoms. The topological polar surface area (TPSA) is 42.1 Å². The smallest absolute Gasteiger partial charge is 0.131 e. The van der Waals surface area contributed by atoms with Crippen molar-refractivity contribution in [2.75, 3.05) is 17.2 Å². The molecule has 1 aliphatic rings. The van der Waals surface area contributed by atoms with Gasteiger partial charge in [0, 0.05) is 12.6 Å². The van der Waals surface area contributed by atoms with Crippen LogP contribution in [0.1, 0.15) is 38.7 Å². The molecule has 17 heavy (non-hydrogen) atoms. The molecule has 3 heteroatoms. The van der Waals surface area contributed by atoms with Gasteiger partial charge in [0.05, 0.1) is 11.9 Å². The molecular formula is C14H23N3. The second-order valence-corrected chi connectivity index (χ2v) is 5.52. The van der Waals surface area contributed by atoms with Gasteiger partial charge in [-0.15, -0.1) is 0 Å². The van der Waals surface area contributed by atoms with E-state index in [1.54, 1.807) is 6.20 Å².